The van der Waals surface area contributed by atoms with Gasteiger partial charge in [0.25, 0.3) is 5.56 Å². The number of hydrogen-bond donors (Lipinski definition) is 2. The molecule has 0 bridgehead atoms. The summed E-state index contributed by atoms with van der Waals surface area (Å²) < 4.78 is 2.81. The van der Waals surface area contributed by atoms with Gasteiger partial charge in [0, 0.05) is 19.2 Å². The van der Waals surface area contributed by atoms with Crippen molar-refractivity contribution in [2.24, 2.45) is 0 Å². The number of pyridine rings is 1. The lowest BCUT2D eigenvalue weighted by Gasteiger charge is -2.09. The predicted octanol–water partition coefficient (Wildman–Crippen LogP) is 3.82. The first kappa shape index (κ1) is 18.9. The van der Waals surface area contributed by atoms with Crippen LogP contribution in [0.5, 0.6) is 0 Å². The third-order valence-electron chi connectivity index (χ3n) is 4.54. The van der Waals surface area contributed by atoms with Crippen LogP contribution in [-0.2, 0) is 19.5 Å². The molecule has 2 heterocycles. The fourth-order valence-corrected chi connectivity index (χ4v) is 3.57. The van der Waals surface area contributed by atoms with E-state index in [0.717, 1.165) is 30.2 Å². The topological polar surface area (TPSA) is 75.6 Å². The third kappa shape index (κ3) is 4.25. The highest BCUT2D eigenvalue weighted by molar-refractivity contribution is 14.1. The van der Waals surface area contributed by atoms with Gasteiger partial charge in [-0.05, 0) is 47.3 Å². The van der Waals surface area contributed by atoms with Gasteiger partial charge >= 0.3 is 0 Å². The molecule has 0 saturated carbocycles. The van der Waals surface area contributed by atoms with E-state index in [4.69, 9.17) is 0 Å². The van der Waals surface area contributed by atoms with Gasteiger partial charge in [0.2, 0.25) is 0 Å². The van der Waals surface area contributed by atoms with Gasteiger partial charge < -0.3 is 10.3 Å². The second kappa shape index (κ2) is 8.66. The van der Waals surface area contributed by atoms with Crippen LogP contribution < -0.4 is 10.9 Å². The van der Waals surface area contributed by atoms with Crippen molar-refractivity contribution in [3.05, 3.63) is 51.3 Å². The van der Waals surface area contributed by atoms with E-state index in [0.29, 0.717) is 23.4 Å². The van der Waals surface area contributed by atoms with Gasteiger partial charge in [0.15, 0.2) is 5.52 Å². The molecule has 0 fully saturated rings. The number of aromatic nitrogens is 4. The largest absolute Gasteiger partial charge is 0.367 e. The number of unbranched alkanes of at least 4 members (excludes halogenated alkanes) is 1. The van der Waals surface area contributed by atoms with E-state index in [-0.39, 0.29) is 5.56 Å². The number of H-pyrrole nitrogens is 1. The molecule has 2 aromatic heterocycles. The molecule has 0 aliphatic rings. The second-order valence-corrected chi connectivity index (χ2v) is 7.50. The summed E-state index contributed by atoms with van der Waals surface area (Å²) in [6.07, 6.45) is 3.12. The minimum Gasteiger partial charge on any atom is -0.367 e. The standard InChI is InChI=1S/C19H24IN5O/c1-3-15-10-14(7-6-13(15)2)12-21-17-11-16-18(19(26)22-17)25(24-23-16)9-5-4-8-20/h6-7,10-11H,3-5,8-9,12H2,1-2H3,(H2,21,22,26). The molecule has 7 heteroatoms. The van der Waals surface area contributed by atoms with E-state index in [1.54, 1.807) is 4.68 Å². The minimum atomic E-state index is -0.150. The van der Waals surface area contributed by atoms with Gasteiger partial charge in [-0.15, -0.1) is 5.10 Å². The van der Waals surface area contributed by atoms with Crippen LogP contribution in [0.25, 0.3) is 11.0 Å². The van der Waals surface area contributed by atoms with Crippen molar-refractivity contribution in [3.63, 3.8) is 0 Å². The van der Waals surface area contributed by atoms with Crippen molar-refractivity contribution in [2.75, 3.05) is 9.74 Å². The summed E-state index contributed by atoms with van der Waals surface area (Å²) in [4.78, 5) is 15.4. The Morgan fingerprint density at radius 1 is 1.27 bits per heavy atom. The summed E-state index contributed by atoms with van der Waals surface area (Å²) in [5.74, 6) is 0.667. The first-order valence-corrected chi connectivity index (χ1v) is 10.5. The predicted molar refractivity (Wildman–Crippen MR) is 114 cm³/mol. The maximum atomic E-state index is 12.5. The quantitative estimate of drug-likeness (QED) is 0.301. The Morgan fingerprint density at radius 3 is 2.88 bits per heavy atom. The average molecular weight is 465 g/mol. The second-order valence-electron chi connectivity index (χ2n) is 6.42. The summed E-state index contributed by atoms with van der Waals surface area (Å²) >= 11 is 2.36. The maximum Gasteiger partial charge on any atom is 0.277 e. The molecule has 0 aliphatic carbocycles. The number of benzene rings is 1. The van der Waals surface area contributed by atoms with E-state index in [2.05, 4.69) is 75.3 Å². The molecule has 138 valence electrons. The molecule has 0 amide bonds. The summed E-state index contributed by atoms with van der Waals surface area (Å²) in [7, 11) is 0. The SMILES string of the molecule is CCc1cc(CNc2cc3nnn(CCCCI)c3c(=O)[nH]2)ccc1C. The monoisotopic (exact) mass is 465 g/mol. The fraction of sp³-hybridized carbons (Fsp3) is 0.421. The highest BCUT2D eigenvalue weighted by Crippen LogP contribution is 2.15. The van der Waals surface area contributed by atoms with Crippen molar-refractivity contribution in [2.45, 2.75) is 46.2 Å². The molecule has 0 unspecified atom stereocenters. The summed E-state index contributed by atoms with van der Waals surface area (Å²) in [6, 6.07) is 8.32. The summed E-state index contributed by atoms with van der Waals surface area (Å²) in [5.41, 5.74) is 4.88. The molecule has 0 spiro atoms. The number of nitrogens with zero attached hydrogens (tertiary/aromatic N) is 3. The van der Waals surface area contributed by atoms with Crippen LogP contribution in [0, 0.1) is 6.92 Å². The average Bonchev–Trinajstić information content (AvgIpc) is 3.05. The highest BCUT2D eigenvalue weighted by atomic mass is 127. The molecule has 2 N–H and O–H groups in total. The summed E-state index contributed by atoms with van der Waals surface area (Å²) in [6.45, 7) is 5.66. The lowest BCUT2D eigenvalue weighted by atomic mass is 10.0. The molecule has 0 aliphatic heterocycles. The van der Waals surface area contributed by atoms with E-state index < -0.39 is 0 Å². The molecule has 0 radical (unpaired) electrons. The minimum absolute atomic E-state index is 0.150. The van der Waals surface area contributed by atoms with Gasteiger partial charge in [0.05, 0.1) is 0 Å². The molecule has 3 aromatic rings. The van der Waals surface area contributed by atoms with Crippen molar-refractivity contribution in [1.29, 1.82) is 0 Å². The van der Waals surface area contributed by atoms with Gasteiger partial charge in [-0.1, -0.05) is 52.9 Å². The van der Waals surface area contributed by atoms with Gasteiger partial charge in [0.1, 0.15) is 11.3 Å². The number of alkyl halides is 1. The van der Waals surface area contributed by atoms with E-state index in [1.165, 1.54) is 16.7 Å². The first-order valence-electron chi connectivity index (χ1n) is 8.97. The lowest BCUT2D eigenvalue weighted by Crippen LogP contribution is -2.14. The number of nitrogens with one attached hydrogen (secondary N) is 2. The van der Waals surface area contributed by atoms with E-state index in [9.17, 15) is 4.79 Å². The van der Waals surface area contributed by atoms with Gasteiger partial charge in [-0.3, -0.25) is 4.79 Å². The smallest absolute Gasteiger partial charge is 0.277 e. The molecular formula is C19H24IN5O. The Bertz CT molecular complexity index is 947. The van der Waals surface area contributed by atoms with Crippen molar-refractivity contribution in [3.8, 4) is 0 Å². The Morgan fingerprint density at radius 2 is 2.12 bits per heavy atom. The molecular weight excluding hydrogens is 441 g/mol. The molecule has 3 rings (SSSR count). The molecule has 1 aromatic carbocycles. The van der Waals surface area contributed by atoms with Gasteiger partial charge in [-0.2, -0.15) is 0 Å². The highest BCUT2D eigenvalue weighted by Gasteiger charge is 2.10. The van der Waals surface area contributed by atoms with E-state index in [1.807, 2.05) is 6.07 Å². The number of hydrogen-bond acceptors (Lipinski definition) is 4. The number of anilines is 1. The van der Waals surface area contributed by atoms with Crippen LogP contribution in [0.2, 0.25) is 0 Å². The summed E-state index contributed by atoms with van der Waals surface area (Å²) in [5, 5.41) is 11.6. The van der Waals surface area contributed by atoms with Crippen LogP contribution in [-0.4, -0.2) is 24.4 Å². The van der Waals surface area contributed by atoms with Crippen LogP contribution >= 0.6 is 22.6 Å². The first-order chi connectivity index (χ1) is 12.6. The van der Waals surface area contributed by atoms with Gasteiger partial charge in [-0.25, -0.2) is 4.68 Å². The van der Waals surface area contributed by atoms with Crippen LogP contribution in [0.4, 0.5) is 5.82 Å². The fourth-order valence-electron chi connectivity index (χ4n) is 3.03. The zero-order chi connectivity index (χ0) is 18.5. The van der Waals surface area contributed by atoms with Crippen molar-refractivity contribution >= 4 is 39.4 Å². The number of halogens is 1. The zero-order valence-electron chi connectivity index (χ0n) is 15.2. The van der Waals surface area contributed by atoms with Crippen LogP contribution in [0.3, 0.4) is 0 Å². The van der Waals surface area contributed by atoms with Crippen molar-refractivity contribution in [1.82, 2.24) is 20.0 Å². The maximum absolute atomic E-state index is 12.5. The van der Waals surface area contributed by atoms with Crippen molar-refractivity contribution < 1.29 is 0 Å². The van der Waals surface area contributed by atoms with E-state index >= 15 is 0 Å². The Hall–Kier alpha value is -1.90. The normalized spacial score (nSPS) is 11.2. The molecule has 6 nitrogen and oxygen atoms in total. The Labute approximate surface area is 166 Å². The van der Waals surface area contributed by atoms with Crippen LogP contribution in [0.15, 0.2) is 29.1 Å². The Kier molecular flexibility index (Phi) is 6.29. The lowest BCUT2D eigenvalue weighted by molar-refractivity contribution is 0.569. The Balaban J connectivity index is 1.76. The number of aromatic amines is 1. The molecule has 26 heavy (non-hydrogen) atoms. The zero-order valence-corrected chi connectivity index (χ0v) is 17.3. The molecule has 0 saturated heterocycles. The number of aryl methyl sites for hydroxylation is 3. The third-order valence-corrected chi connectivity index (χ3v) is 5.30. The number of fused-ring (bicyclic) bond motifs is 1. The van der Waals surface area contributed by atoms with Crippen LogP contribution in [0.1, 0.15) is 36.5 Å². The number of rotatable bonds is 8. The molecule has 0 atom stereocenters.